The minimum atomic E-state index is -1.16. The van der Waals surface area contributed by atoms with E-state index >= 15 is 0 Å². The third-order valence-electron chi connectivity index (χ3n) is 10.4. The SMILES string of the molecule is CNC(=O)c1c(-c2cccc(N3CCN(c4ccc(NP(C)Oc5ccc(NCCSc6ccccc6)c([N+](=O)[O-])c5)cc4)CC3)c2)c(-c2ccc(Cl)cc2)n(C)c1C. The van der Waals surface area contributed by atoms with Gasteiger partial charge in [0.25, 0.3) is 11.6 Å². The lowest BCUT2D eigenvalue weighted by atomic mass is 9.96. The van der Waals surface area contributed by atoms with Crippen molar-refractivity contribution in [3.8, 4) is 28.1 Å². The molecule has 0 spiro atoms. The molecule has 1 aliphatic rings. The molecule has 1 unspecified atom stereocenters. The summed E-state index contributed by atoms with van der Waals surface area (Å²) in [6.07, 6.45) is 0. The first-order valence-corrected chi connectivity index (χ1v) is 22.4. The predicted octanol–water partition coefficient (Wildman–Crippen LogP) is 10.6. The number of carbonyl (C=O) groups is 1. The summed E-state index contributed by atoms with van der Waals surface area (Å²) in [5.74, 6) is 1.10. The lowest BCUT2D eigenvalue weighted by molar-refractivity contribution is -0.384. The van der Waals surface area contributed by atoms with E-state index in [0.29, 0.717) is 28.6 Å². The van der Waals surface area contributed by atoms with Crippen molar-refractivity contribution < 1.29 is 14.2 Å². The van der Waals surface area contributed by atoms with E-state index in [4.69, 9.17) is 16.1 Å². The van der Waals surface area contributed by atoms with E-state index < -0.39 is 8.30 Å². The molecule has 0 bridgehead atoms. The Morgan fingerprint density at radius 1 is 0.864 bits per heavy atom. The van der Waals surface area contributed by atoms with E-state index in [0.717, 1.165) is 82.0 Å². The molecule has 14 heteroatoms. The summed E-state index contributed by atoms with van der Waals surface area (Å²) in [4.78, 5) is 30.8. The average molecular weight is 848 g/mol. The average Bonchev–Trinajstić information content (AvgIpc) is 3.52. The predicted molar refractivity (Wildman–Crippen MR) is 246 cm³/mol. The number of thioether (sulfide) groups is 1. The van der Waals surface area contributed by atoms with Crippen molar-refractivity contribution in [2.24, 2.45) is 7.05 Å². The lowest BCUT2D eigenvalue weighted by Gasteiger charge is -2.37. The monoisotopic (exact) mass is 847 g/mol. The normalized spacial score (nSPS) is 13.2. The Kier molecular flexibility index (Phi) is 13.3. The molecule has 0 saturated carbocycles. The van der Waals surface area contributed by atoms with Gasteiger partial charge in [0.1, 0.15) is 11.4 Å². The molecule has 11 nitrogen and oxygen atoms in total. The fraction of sp³-hybridized carbons (Fsp3) is 0.222. The maximum Gasteiger partial charge on any atom is 0.296 e. The number of rotatable bonds is 15. The van der Waals surface area contributed by atoms with Crippen LogP contribution in [0.15, 0.2) is 126 Å². The van der Waals surface area contributed by atoms with Crippen LogP contribution in [0.3, 0.4) is 0 Å². The molecule has 0 aliphatic carbocycles. The van der Waals surface area contributed by atoms with Crippen molar-refractivity contribution in [1.82, 2.24) is 9.88 Å². The number of hydrogen-bond acceptors (Lipinski definition) is 9. The number of carbonyl (C=O) groups excluding carboxylic acids is 1. The Labute approximate surface area is 355 Å². The summed E-state index contributed by atoms with van der Waals surface area (Å²) in [5, 5.41) is 22.0. The number of benzene rings is 5. The molecule has 1 aliphatic heterocycles. The van der Waals surface area contributed by atoms with E-state index in [1.165, 1.54) is 6.07 Å². The van der Waals surface area contributed by atoms with Gasteiger partial charge in [-0.2, -0.15) is 0 Å². The van der Waals surface area contributed by atoms with Gasteiger partial charge in [0.2, 0.25) is 0 Å². The van der Waals surface area contributed by atoms with E-state index in [1.54, 1.807) is 30.9 Å². The summed E-state index contributed by atoms with van der Waals surface area (Å²) in [6.45, 7) is 7.88. The zero-order valence-electron chi connectivity index (χ0n) is 33.4. The first-order valence-electron chi connectivity index (χ1n) is 19.4. The summed E-state index contributed by atoms with van der Waals surface area (Å²) >= 11 is 7.94. The van der Waals surface area contributed by atoms with Crippen LogP contribution >= 0.6 is 31.7 Å². The molecule has 7 rings (SSSR count). The standard InChI is InChI=1S/C45H47ClN7O4PS/c1-31-42(45(54)47-2)43(44(50(31)3)32-13-15-34(46)16-14-32)33-9-8-10-37(29-33)52-26-24-51(25-27-52)36-19-17-35(18-20-36)49-58(4)57-38-21-22-40(41(30-38)53(55)56)48-23-28-59-39-11-6-5-7-12-39/h5-22,29-30,48-49H,23-28H2,1-4H3,(H,47,54). The number of hydrogen-bond donors (Lipinski definition) is 3. The molecule has 6 aromatic rings. The van der Waals surface area contributed by atoms with Gasteiger partial charge in [-0.1, -0.05) is 54.1 Å². The number of anilines is 4. The van der Waals surface area contributed by atoms with Gasteiger partial charge in [0.05, 0.1) is 22.2 Å². The lowest BCUT2D eigenvalue weighted by Crippen LogP contribution is -2.46. The molecule has 1 fully saturated rings. The van der Waals surface area contributed by atoms with Gasteiger partial charge in [-0.3, -0.25) is 14.9 Å². The summed E-state index contributed by atoms with van der Waals surface area (Å²) in [5.41, 5.74) is 9.00. The number of amides is 1. The van der Waals surface area contributed by atoms with Gasteiger partial charge < -0.3 is 34.6 Å². The Hall–Kier alpha value is -5.68. The number of nitro groups is 1. The highest BCUT2D eigenvalue weighted by Crippen LogP contribution is 2.41. The largest absolute Gasteiger partial charge is 0.453 e. The number of halogens is 1. The third-order valence-corrected chi connectivity index (χ3v) is 12.7. The van der Waals surface area contributed by atoms with Gasteiger partial charge in [0.15, 0.2) is 8.30 Å². The maximum absolute atomic E-state index is 13.3. The van der Waals surface area contributed by atoms with Crippen molar-refractivity contribution >= 4 is 66.0 Å². The van der Waals surface area contributed by atoms with Gasteiger partial charge in [0, 0.05) is 97.5 Å². The Morgan fingerprint density at radius 2 is 1.56 bits per heavy atom. The molecule has 59 heavy (non-hydrogen) atoms. The highest BCUT2D eigenvalue weighted by molar-refractivity contribution is 7.99. The van der Waals surface area contributed by atoms with Crippen LogP contribution in [0, 0.1) is 17.0 Å². The quantitative estimate of drug-likeness (QED) is 0.0305. The summed E-state index contributed by atoms with van der Waals surface area (Å²) < 4.78 is 8.21. The van der Waals surface area contributed by atoms with Crippen molar-refractivity contribution in [3.05, 3.63) is 148 Å². The number of piperazine rings is 1. The Bertz CT molecular complexity index is 2410. The van der Waals surface area contributed by atoms with Crippen LogP contribution in [0.25, 0.3) is 22.4 Å². The van der Waals surface area contributed by atoms with Crippen LogP contribution in [-0.2, 0) is 7.05 Å². The molecule has 1 saturated heterocycles. The molecule has 1 atom stereocenters. The van der Waals surface area contributed by atoms with E-state index in [9.17, 15) is 14.9 Å². The second kappa shape index (κ2) is 18.9. The smallest absolute Gasteiger partial charge is 0.296 e. The molecule has 1 amide bonds. The van der Waals surface area contributed by atoms with E-state index in [2.05, 4.69) is 66.5 Å². The molecule has 5 aromatic carbocycles. The summed E-state index contributed by atoms with van der Waals surface area (Å²) in [6, 6.07) is 39.6. The molecule has 1 aromatic heterocycles. The number of nitrogens with zero attached hydrogens (tertiary/aromatic N) is 4. The summed E-state index contributed by atoms with van der Waals surface area (Å²) in [7, 11) is 2.51. The topological polar surface area (TPSA) is 117 Å². The minimum Gasteiger partial charge on any atom is -0.453 e. The first kappa shape index (κ1) is 41.5. The molecule has 2 heterocycles. The molecule has 3 N–H and O–H groups in total. The highest BCUT2D eigenvalue weighted by Gasteiger charge is 2.26. The van der Waals surface area contributed by atoms with Crippen LogP contribution in [0.1, 0.15) is 16.1 Å². The van der Waals surface area contributed by atoms with Gasteiger partial charge in [-0.15, -0.1) is 11.8 Å². The van der Waals surface area contributed by atoms with Gasteiger partial charge >= 0.3 is 0 Å². The molecular weight excluding hydrogens is 801 g/mol. The fourth-order valence-electron chi connectivity index (χ4n) is 7.36. The highest BCUT2D eigenvalue weighted by atomic mass is 35.5. The molecule has 0 radical (unpaired) electrons. The van der Waals surface area contributed by atoms with Crippen molar-refractivity contribution in [3.63, 3.8) is 0 Å². The Balaban J connectivity index is 0.957. The van der Waals surface area contributed by atoms with E-state index in [-0.39, 0.29) is 16.5 Å². The van der Waals surface area contributed by atoms with Crippen LogP contribution in [0.4, 0.5) is 28.4 Å². The third kappa shape index (κ3) is 9.79. The maximum atomic E-state index is 13.3. The van der Waals surface area contributed by atoms with Crippen LogP contribution in [0.2, 0.25) is 5.02 Å². The number of aromatic nitrogens is 1. The number of nitro benzene ring substituents is 1. The van der Waals surface area contributed by atoms with Crippen LogP contribution < -0.4 is 30.0 Å². The van der Waals surface area contributed by atoms with Crippen molar-refractivity contribution in [1.29, 1.82) is 0 Å². The minimum absolute atomic E-state index is 0.0162. The first-order chi connectivity index (χ1) is 28.6. The van der Waals surface area contributed by atoms with Crippen molar-refractivity contribution in [2.75, 3.05) is 72.4 Å². The fourth-order valence-corrected chi connectivity index (χ4v) is 9.27. The molecule has 304 valence electrons. The number of nitrogens with one attached hydrogen (secondary N) is 3. The van der Waals surface area contributed by atoms with Gasteiger partial charge in [-0.25, -0.2) is 0 Å². The van der Waals surface area contributed by atoms with Crippen LogP contribution in [-0.4, -0.2) is 67.6 Å². The Morgan fingerprint density at radius 3 is 2.24 bits per heavy atom. The van der Waals surface area contributed by atoms with Crippen LogP contribution in [0.5, 0.6) is 5.75 Å². The zero-order chi connectivity index (χ0) is 41.5. The zero-order valence-corrected chi connectivity index (χ0v) is 35.9. The molecular formula is C45H47ClN7O4PS. The van der Waals surface area contributed by atoms with Crippen molar-refractivity contribution in [2.45, 2.75) is 11.8 Å². The second-order valence-electron chi connectivity index (χ2n) is 14.1. The van der Waals surface area contributed by atoms with E-state index in [1.807, 2.05) is 87.4 Å². The second-order valence-corrected chi connectivity index (χ2v) is 17.1. The van der Waals surface area contributed by atoms with Gasteiger partial charge in [-0.05, 0) is 90.8 Å².